The number of nitrogens with zero attached hydrogens (tertiary/aromatic N) is 3. The number of hydrogen-bond acceptors (Lipinski definition) is 3. The van der Waals surface area contributed by atoms with Crippen LogP contribution in [0, 0.1) is 11.3 Å². The molecule has 4 nitrogen and oxygen atoms in total. The van der Waals surface area contributed by atoms with E-state index in [9.17, 15) is 9.47 Å². The monoisotopic (exact) mass is 389 g/mol. The first-order chi connectivity index (χ1) is 10.8. The lowest BCUT2D eigenvalue weighted by Gasteiger charge is -2.16. The fourth-order valence-electron chi connectivity index (χ4n) is 1.80. The summed E-state index contributed by atoms with van der Waals surface area (Å²) in [6, 6.07) is 13.1. The molecule has 0 aliphatic heterocycles. The number of hydrogen-bond donors (Lipinski definition) is 0. The lowest BCUT2D eigenvalue weighted by Crippen LogP contribution is -2.21. The third-order valence-electron chi connectivity index (χ3n) is 2.96. The topological polar surface area (TPSA) is 66.1 Å². The van der Waals surface area contributed by atoms with Gasteiger partial charge < -0.3 is 0 Å². The van der Waals surface area contributed by atoms with Gasteiger partial charge in [0.05, 0.1) is 10.5 Å². The molecule has 0 saturated heterocycles. The van der Waals surface area contributed by atoms with E-state index in [1.807, 2.05) is 45.0 Å². The summed E-state index contributed by atoms with van der Waals surface area (Å²) in [5.41, 5.74) is 2.12. The molecule has 1 atom stereocenters. The van der Waals surface area contributed by atoms with Gasteiger partial charge in [-0.25, -0.2) is 9.19 Å². The molecule has 0 aliphatic carbocycles. The molecule has 0 radical (unpaired) electrons. The minimum absolute atomic E-state index is 0.261. The number of rotatable bonds is 3. The lowest BCUT2D eigenvalue weighted by atomic mass is 10.0. The summed E-state index contributed by atoms with van der Waals surface area (Å²) in [6.45, 7) is 5.58. The van der Waals surface area contributed by atoms with Gasteiger partial charge in [0.2, 0.25) is 0 Å². The first kappa shape index (κ1) is 17.5. The van der Waals surface area contributed by atoms with Crippen molar-refractivity contribution in [3.8, 4) is 6.07 Å². The van der Waals surface area contributed by atoms with Crippen LogP contribution in [-0.4, -0.2) is 19.7 Å². The van der Waals surface area contributed by atoms with Crippen molar-refractivity contribution in [3.05, 3.63) is 63.9 Å². The summed E-state index contributed by atoms with van der Waals surface area (Å²) in [6.07, 6.45) is 1.56. The molecule has 1 aromatic heterocycles. The molecule has 0 bridgehead atoms. The number of aromatic nitrogens is 1. The van der Waals surface area contributed by atoms with Gasteiger partial charge in [0, 0.05) is 21.8 Å². The van der Waals surface area contributed by atoms with Crippen molar-refractivity contribution in [1.82, 2.24) is 4.98 Å². The molecule has 1 unspecified atom stereocenters. The molecule has 2 rings (SSSR count). The van der Waals surface area contributed by atoms with Crippen LogP contribution >= 0.6 is 15.9 Å². The van der Waals surface area contributed by atoms with Crippen molar-refractivity contribution in [2.24, 2.45) is 4.40 Å². The minimum Gasteiger partial charge on any atom is -0.245 e. The predicted molar refractivity (Wildman–Crippen MR) is 96.6 cm³/mol. The third-order valence-corrected chi connectivity index (χ3v) is 4.85. The van der Waals surface area contributed by atoms with Crippen LogP contribution in [0.25, 0.3) is 0 Å². The summed E-state index contributed by atoms with van der Waals surface area (Å²) < 4.78 is 17.3. The average molecular weight is 390 g/mol. The lowest BCUT2D eigenvalue weighted by molar-refractivity contribution is 0.650. The van der Waals surface area contributed by atoms with Gasteiger partial charge in [0.25, 0.3) is 0 Å². The van der Waals surface area contributed by atoms with E-state index < -0.39 is 15.7 Å². The smallest absolute Gasteiger partial charge is 0.149 e. The second-order valence-electron chi connectivity index (χ2n) is 5.82. The molecule has 0 saturated carbocycles. The molecule has 0 fully saturated rings. The van der Waals surface area contributed by atoms with Crippen LogP contribution in [0.4, 0.5) is 0 Å². The highest BCUT2D eigenvalue weighted by Crippen LogP contribution is 2.21. The molecular weight excluding hydrogens is 374 g/mol. The molecule has 0 aliphatic rings. The zero-order valence-electron chi connectivity index (χ0n) is 13.1. The quantitative estimate of drug-likeness (QED) is 0.744. The maximum atomic E-state index is 12.5. The van der Waals surface area contributed by atoms with Crippen molar-refractivity contribution < 1.29 is 4.21 Å². The van der Waals surface area contributed by atoms with Crippen LogP contribution in [0.15, 0.2) is 51.5 Å². The van der Waals surface area contributed by atoms with E-state index in [2.05, 4.69) is 31.4 Å². The summed E-state index contributed by atoms with van der Waals surface area (Å²) in [7, 11) is -1.45. The highest BCUT2D eigenvalue weighted by atomic mass is 79.9. The number of nitriles is 1. The predicted octanol–water partition coefficient (Wildman–Crippen LogP) is 4.02. The normalized spacial score (nSPS) is 13.4. The standard InChI is InChI=1S/C17H16BrN3OS/c1-17(2,3)23(22)21-16(12-6-4-7-13(18)10-12)14-8-5-9-20-15(14)11-19/h4-10H,1-3H3/b21-16+. The number of pyridine rings is 1. The molecule has 0 N–H and O–H groups in total. The Kier molecular flexibility index (Phi) is 5.45. The second kappa shape index (κ2) is 7.16. The van der Waals surface area contributed by atoms with E-state index >= 15 is 0 Å². The number of benzene rings is 1. The van der Waals surface area contributed by atoms with E-state index in [1.165, 1.54) is 0 Å². The van der Waals surface area contributed by atoms with E-state index in [0.29, 0.717) is 11.3 Å². The Balaban J connectivity index is 2.69. The second-order valence-corrected chi connectivity index (χ2v) is 8.64. The highest BCUT2D eigenvalue weighted by molar-refractivity contribution is 9.10. The summed E-state index contributed by atoms with van der Waals surface area (Å²) in [4.78, 5) is 4.08. The molecule has 1 aromatic carbocycles. The van der Waals surface area contributed by atoms with Gasteiger partial charge in [0.1, 0.15) is 22.7 Å². The maximum Gasteiger partial charge on any atom is 0.149 e. The minimum atomic E-state index is -1.45. The van der Waals surface area contributed by atoms with Gasteiger partial charge in [-0.2, -0.15) is 9.66 Å². The molecule has 118 valence electrons. The fourth-order valence-corrected chi connectivity index (χ4v) is 2.84. The van der Waals surface area contributed by atoms with Crippen molar-refractivity contribution >= 4 is 32.6 Å². The molecule has 1 heterocycles. The maximum absolute atomic E-state index is 12.5. The molecule has 23 heavy (non-hydrogen) atoms. The van der Waals surface area contributed by atoms with Crippen molar-refractivity contribution in [2.45, 2.75) is 25.5 Å². The van der Waals surface area contributed by atoms with Crippen LogP contribution in [0.3, 0.4) is 0 Å². The Hall–Kier alpha value is -1.84. The Morgan fingerprint density at radius 1 is 1.30 bits per heavy atom. The zero-order valence-corrected chi connectivity index (χ0v) is 15.5. The largest absolute Gasteiger partial charge is 0.245 e. The third kappa shape index (κ3) is 4.34. The fraction of sp³-hybridized carbons (Fsp3) is 0.235. The van der Waals surface area contributed by atoms with Crippen LogP contribution in [0.2, 0.25) is 0 Å². The van der Waals surface area contributed by atoms with E-state index in [1.54, 1.807) is 18.3 Å². The zero-order chi connectivity index (χ0) is 17.0. The molecule has 6 heteroatoms. The van der Waals surface area contributed by atoms with E-state index in [-0.39, 0.29) is 5.69 Å². The first-order valence-corrected chi connectivity index (χ1v) is 8.85. The van der Waals surface area contributed by atoms with Gasteiger partial charge in [-0.05, 0) is 45.0 Å². The SMILES string of the molecule is CC(C)(C)S(=O)/N=C(\c1cccc(Br)c1)c1cccnc1C#N. The molecule has 0 spiro atoms. The van der Waals surface area contributed by atoms with Crippen LogP contribution in [0.5, 0.6) is 0 Å². The van der Waals surface area contributed by atoms with Gasteiger partial charge in [-0.15, -0.1) is 0 Å². The van der Waals surface area contributed by atoms with E-state index in [0.717, 1.165) is 10.0 Å². The number of halogens is 1. The molecular formula is C17H16BrN3OS. The van der Waals surface area contributed by atoms with Gasteiger partial charge >= 0.3 is 0 Å². The van der Waals surface area contributed by atoms with Crippen molar-refractivity contribution in [2.75, 3.05) is 0 Å². The summed E-state index contributed by atoms with van der Waals surface area (Å²) in [5.74, 6) is 0. The van der Waals surface area contributed by atoms with Crippen LogP contribution in [-0.2, 0) is 11.0 Å². The summed E-state index contributed by atoms with van der Waals surface area (Å²) >= 11 is 3.43. The Morgan fingerprint density at radius 3 is 2.65 bits per heavy atom. The van der Waals surface area contributed by atoms with Crippen LogP contribution in [0.1, 0.15) is 37.6 Å². The van der Waals surface area contributed by atoms with Gasteiger partial charge in [0.15, 0.2) is 0 Å². The Labute approximate surface area is 147 Å². The first-order valence-electron chi connectivity index (χ1n) is 6.95. The molecule has 2 aromatic rings. The molecule has 0 amide bonds. The van der Waals surface area contributed by atoms with Crippen molar-refractivity contribution in [1.29, 1.82) is 5.26 Å². The Bertz CT molecular complexity index is 819. The Morgan fingerprint density at radius 2 is 2.04 bits per heavy atom. The summed E-state index contributed by atoms with van der Waals surface area (Å²) in [5, 5.41) is 9.31. The van der Waals surface area contributed by atoms with Gasteiger partial charge in [-0.1, -0.05) is 28.1 Å². The van der Waals surface area contributed by atoms with E-state index in [4.69, 9.17) is 0 Å². The van der Waals surface area contributed by atoms with Gasteiger partial charge in [-0.3, -0.25) is 0 Å². The van der Waals surface area contributed by atoms with Crippen molar-refractivity contribution in [3.63, 3.8) is 0 Å². The average Bonchev–Trinajstić information content (AvgIpc) is 2.51. The van der Waals surface area contributed by atoms with Crippen LogP contribution < -0.4 is 0 Å². The highest BCUT2D eigenvalue weighted by Gasteiger charge is 2.22.